The Kier molecular flexibility index (Phi) is 4.28. The summed E-state index contributed by atoms with van der Waals surface area (Å²) in [5, 5.41) is 0. The molecule has 0 saturated heterocycles. The molecule has 3 heteroatoms. The number of ether oxygens (including phenoxy) is 1. The predicted molar refractivity (Wildman–Crippen MR) is 56.3 cm³/mol. The lowest BCUT2D eigenvalue weighted by atomic mass is 9.88. The van der Waals surface area contributed by atoms with Crippen LogP contribution < -0.4 is 0 Å². The molecule has 0 radical (unpaired) electrons. The van der Waals surface area contributed by atoms with Crippen molar-refractivity contribution < 1.29 is 13.9 Å². The second-order valence-corrected chi connectivity index (χ2v) is 3.48. The summed E-state index contributed by atoms with van der Waals surface area (Å²) >= 11 is 0. The highest BCUT2D eigenvalue weighted by Gasteiger charge is 2.25. The van der Waals surface area contributed by atoms with Gasteiger partial charge in [-0.3, -0.25) is 9.18 Å². The van der Waals surface area contributed by atoms with Gasteiger partial charge in [-0.1, -0.05) is 37.3 Å². The number of rotatable bonds is 4. The van der Waals surface area contributed by atoms with Crippen molar-refractivity contribution in [1.82, 2.24) is 0 Å². The molecule has 0 aliphatic rings. The zero-order chi connectivity index (χ0) is 11.3. The molecule has 0 heterocycles. The maximum atomic E-state index is 12.9. The average Bonchev–Trinajstić information content (AvgIpc) is 2.30. The van der Waals surface area contributed by atoms with Crippen molar-refractivity contribution in [2.45, 2.75) is 12.8 Å². The van der Waals surface area contributed by atoms with Gasteiger partial charge in [0.2, 0.25) is 0 Å². The molecular weight excluding hydrogens is 195 g/mol. The molecule has 2 atom stereocenters. The lowest BCUT2D eigenvalue weighted by Gasteiger charge is -2.19. The van der Waals surface area contributed by atoms with E-state index in [1.54, 1.807) is 6.92 Å². The van der Waals surface area contributed by atoms with E-state index >= 15 is 0 Å². The maximum absolute atomic E-state index is 12.9. The normalized spacial score (nSPS) is 14.3. The smallest absolute Gasteiger partial charge is 0.309 e. The van der Waals surface area contributed by atoms with E-state index < -0.39 is 18.5 Å². The Morgan fingerprint density at radius 2 is 2.00 bits per heavy atom. The number of esters is 1. The molecule has 1 rings (SSSR count). The average molecular weight is 210 g/mol. The molecule has 0 aromatic heterocycles. The summed E-state index contributed by atoms with van der Waals surface area (Å²) in [4.78, 5) is 11.3. The van der Waals surface area contributed by atoms with Gasteiger partial charge in [0.15, 0.2) is 0 Å². The van der Waals surface area contributed by atoms with Crippen LogP contribution in [0.25, 0.3) is 0 Å². The number of carbonyl (C=O) groups is 1. The highest BCUT2D eigenvalue weighted by atomic mass is 19.1. The third-order valence-corrected chi connectivity index (χ3v) is 2.57. The van der Waals surface area contributed by atoms with E-state index in [0.717, 1.165) is 5.56 Å². The van der Waals surface area contributed by atoms with Gasteiger partial charge in [0.05, 0.1) is 19.7 Å². The first-order valence-corrected chi connectivity index (χ1v) is 4.89. The fourth-order valence-electron chi connectivity index (χ4n) is 1.56. The Morgan fingerprint density at radius 1 is 1.40 bits per heavy atom. The van der Waals surface area contributed by atoms with Crippen molar-refractivity contribution in [3.05, 3.63) is 35.9 Å². The van der Waals surface area contributed by atoms with Crippen molar-refractivity contribution in [3.8, 4) is 0 Å². The van der Waals surface area contributed by atoms with Gasteiger partial charge in [0, 0.05) is 5.92 Å². The molecule has 0 fully saturated rings. The Labute approximate surface area is 89.1 Å². The van der Waals surface area contributed by atoms with Crippen LogP contribution >= 0.6 is 0 Å². The lowest BCUT2D eigenvalue weighted by molar-refractivity contribution is -0.145. The molecule has 1 aromatic carbocycles. The highest BCUT2D eigenvalue weighted by Crippen LogP contribution is 2.25. The van der Waals surface area contributed by atoms with Crippen molar-refractivity contribution in [3.63, 3.8) is 0 Å². The first kappa shape index (κ1) is 11.7. The minimum Gasteiger partial charge on any atom is -0.469 e. The first-order chi connectivity index (χ1) is 7.20. The Morgan fingerprint density at radius 3 is 2.47 bits per heavy atom. The molecule has 0 spiro atoms. The van der Waals surface area contributed by atoms with Crippen molar-refractivity contribution >= 4 is 5.97 Å². The maximum Gasteiger partial charge on any atom is 0.309 e. The lowest BCUT2D eigenvalue weighted by Crippen LogP contribution is -2.22. The van der Waals surface area contributed by atoms with E-state index in [1.807, 2.05) is 30.3 Å². The topological polar surface area (TPSA) is 26.3 Å². The molecular formula is C12H15FO2. The Balaban J connectivity index is 2.85. The fraction of sp³-hybridized carbons (Fsp3) is 0.417. The number of methoxy groups -OCH3 is 1. The second-order valence-electron chi connectivity index (χ2n) is 3.48. The van der Waals surface area contributed by atoms with Gasteiger partial charge in [-0.25, -0.2) is 0 Å². The van der Waals surface area contributed by atoms with Crippen LogP contribution in [0.4, 0.5) is 4.39 Å². The van der Waals surface area contributed by atoms with Gasteiger partial charge < -0.3 is 4.74 Å². The molecule has 82 valence electrons. The van der Waals surface area contributed by atoms with Gasteiger partial charge in [-0.15, -0.1) is 0 Å². The first-order valence-electron chi connectivity index (χ1n) is 4.89. The second kappa shape index (κ2) is 5.49. The third kappa shape index (κ3) is 2.78. The summed E-state index contributed by atoms with van der Waals surface area (Å²) in [5.41, 5.74) is 0.831. The van der Waals surface area contributed by atoms with E-state index in [0.29, 0.717) is 0 Å². The summed E-state index contributed by atoms with van der Waals surface area (Å²) in [5.74, 6) is -1.25. The summed E-state index contributed by atoms with van der Waals surface area (Å²) < 4.78 is 17.5. The molecule has 0 aliphatic carbocycles. The summed E-state index contributed by atoms with van der Waals surface area (Å²) in [6.45, 7) is 1.13. The molecule has 0 unspecified atom stereocenters. The van der Waals surface area contributed by atoms with E-state index in [1.165, 1.54) is 7.11 Å². The Bertz CT molecular complexity index is 311. The number of hydrogen-bond donors (Lipinski definition) is 0. The largest absolute Gasteiger partial charge is 0.469 e. The fourth-order valence-corrected chi connectivity index (χ4v) is 1.56. The zero-order valence-corrected chi connectivity index (χ0v) is 8.94. The number of carbonyl (C=O) groups excluding carboxylic acids is 1. The van der Waals surface area contributed by atoms with E-state index in [4.69, 9.17) is 0 Å². The minimum absolute atomic E-state index is 0.374. The van der Waals surface area contributed by atoms with E-state index in [2.05, 4.69) is 4.74 Å². The molecule has 1 aromatic rings. The van der Waals surface area contributed by atoms with E-state index in [-0.39, 0.29) is 5.97 Å². The minimum atomic E-state index is -0.555. The summed E-state index contributed by atoms with van der Waals surface area (Å²) in [6, 6.07) is 9.18. The zero-order valence-electron chi connectivity index (χ0n) is 8.94. The number of alkyl halides is 1. The van der Waals surface area contributed by atoms with Gasteiger partial charge >= 0.3 is 5.97 Å². The van der Waals surface area contributed by atoms with Crippen molar-refractivity contribution in [2.24, 2.45) is 5.92 Å². The quantitative estimate of drug-likeness (QED) is 0.714. The monoisotopic (exact) mass is 210 g/mol. The van der Waals surface area contributed by atoms with Crippen LogP contribution in [-0.2, 0) is 9.53 Å². The van der Waals surface area contributed by atoms with Crippen molar-refractivity contribution in [1.29, 1.82) is 0 Å². The van der Waals surface area contributed by atoms with E-state index in [9.17, 15) is 9.18 Å². The third-order valence-electron chi connectivity index (χ3n) is 2.57. The molecule has 0 N–H and O–H groups in total. The predicted octanol–water partition coefficient (Wildman–Crippen LogP) is 2.55. The van der Waals surface area contributed by atoms with Gasteiger partial charge in [0.25, 0.3) is 0 Å². The van der Waals surface area contributed by atoms with Crippen LogP contribution in [-0.4, -0.2) is 19.8 Å². The summed E-state index contributed by atoms with van der Waals surface area (Å²) in [6.07, 6.45) is 0. The number of benzene rings is 1. The SMILES string of the molecule is COC(=O)[C@H](C)[C@H](CF)c1ccccc1. The summed E-state index contributed by atoms with van der Waals surface area (Å²) in [7, 11) is 1.32. The van der Waals surface area contributed by atoms with Crippen molar-refractivity contribution in [2.75, 3.05) is 13.8 Å². The van der Waals surface area contributed by atoms with Crippen LogP contribution in [0, 0.1) is 5.92 Å². The molecule has 15 heavy (non-hydrogen) atoms. The molecule has 0 saturated carbocycles. The van der Waals surface area contributed by atoms with Crippen LogP contribution in [0.1, 0.15) is 18.4 Å². The number of hydrogen-bond acceptors (Lipinski definition) is 2. The number of halogens is 1. The van der Waals surface area contributed by atoms with Crippen LogP contribution in [0.5, 0.6) is 0 Å². The molecule has 0 amide bonds. The van der Waals surface area contributed by atoms with Crippen LogP contribution in [0.2, 0.25) is 0 Å². The Hall–Kier alpha value is -1.38. The molecule has 2 nitrogen and oxygen atoms in total. The van der Waals surface area contributed by atoms with Gasteiger partial charge in [-0.05, 0) is 5.56 Å². The molecule has 0 aliphatic heterocycles. The van der Waals surface area contributed by atoms with Crippen LogP contribution in [0.15, 0.2) is 30.3 Å². The van der Waals surface area contributed by atoms with Gasteiger partial charge in [-0.2, -0.15) is 0 Å². The molecule has 0 bridgehead atoms. The standard InChI is InChI=1S/C12H15FO2/c1-9(12(14)15-2)11(8-13)10-6-4-3-5-7-10/h3-7,9,11H,8H2,1-2H3/t9-,11+/m1/s1. The van der Waals surface area contributed by atoms with Gasteiger partial charge in [0.1, 0.15) is 0 Å². The highest BCUT2D eigenvalue weighted by molar-refractivity contribution is 5.73. The van der Waals surface area contributed by atoms with Crippen LogP contribution in [0.3, 0.4) is 0 Å².